The van der Waals surface area contributed by atoms with Crippen molar-refractivity contribution in [3.63, 3.8) is 0 Å². The highest BCUT2D eigenvalue weighted by Gasteiger charge is 2.19. The number of aliphatic hydroxyl groups is 1. The van der Waals surface area contributed by atoms with Gasteiger partial charge in [-0.25, -0.2) is 12.8 Å². The van der Waals surface area contributed by atoms with Crippen LogP contribution in [0, 0.1) is 5.82 Å². The zero-order valence-electron chi connectivity index (χ0n) is 8.14. The van der Waals surface area contributed by atoms with Gasteiger partial charge in [0, 0.05) is 11.8 Å². The fourth-order valence-electron chi connectivity index (χ4n) is 1.20. The van der Waals surface area contributed by atoms with E-state index in [2.05, 4.69) is 0 Å². The summed E-state index contributed by atoms with van der Waals surface area (Å²) in [6.45, 7) is -0.440. The lowest BCUT2D eigenvalue weighted by molar-refractivity contribution is 0.265. The van der Waals surface area contributed by atoms with E-state index in [1.807, 2.05) is 0 Å². The first-order chi connectivity index (χ1) is 6.88. The van der Waals surface area contributed by atoms with Gasteiger partial charge in [0.15, 0.2) is 9.84 Å². The van der Waals surface area contributed by atoms with Crippen LogP contribution in [0.1, 0.15) is 11.6 Å². The van der Waals surface area contributed by atoms with E-state index in [-0.39, 0.29) is 5.56 Å². The van der Waals surface area contributed by atoms with E-state index in [9.17, 15) is 12.8 Å². The molecule has 0 saturated carbocycles. The van der Waals surface area contributed by atoms with Crippen molar-refractivity contribution in [2.75, 3.05) is 12.9 Å². The molecule has 0 bridgehead atoms. The number of aliphatic hydroxyl groups excluding tert-OH is 1. The second kappa shape index (κ2) is 4.26. The van der Waals surface area contributed by atoms with Crippen molar-refractivity contribution in [1.82, 2.24) is 0 Å². The minimum Gasteiger partial charge on any atom is -0.394 e. The maximum atomic E-state index is 13.6. The van der Waals surface area contributed by atoms with E-state index in [1.54, 1.807) is 0 Å². The Morgan fingerprint density at radius 2 is 2.13 bits per heavy atom. The number of sulfone groups is 1. The Hall–Kier alpha value is -0.980. The normalized spacial score (nSPS) is 13.9. The molecule has 1 atom stereocenters. The standard InChI is InChI=1S/C9H12FNO3S/c1-15(13,14)8-4-2-3-6(9(8)10)7(11)5-12/h2-4,7,12H,5,11H2,1H3. The highest BCUT2D eigenvalue weighted by atomic mass is 32.2. The molecule has 0 amide bonds. The molecule has 3 N–H and O–H groups in total. The van der Waals surface area contributed by atoms with Crippen molar-refractivity contribution in [1.29, 1.82) is 0 Å². The summed E-state index contributed by atoms with van der Waals surface area (Å²) in [5.41, 5.74) is 5.42. The van der Waals surface area contributed by atoms with Gasteiger partial charge in [0.2, 0.25) is 0 Å². The fourth-order valence-corrected chi connectivity index (χ4v) is 1.97. The van der Waals surface area contributed by atoms with Gasteiger partial charge in [-0.2, -0.15) is 0 Å². The van der Waals surface area contributed by atoms with Gasteiger partial charge >= 0.3 is 0 Å². The molecule has 0 aliphatic carbocycles. The molecule has 1 rings (SSSR count). The third kappa shape index (κ3) is 2.53. The van der Waals surface area contributed by atoms with Crippen molar-refractivity contribution in [3.05, 3.63) is 29.6 Å². The first-order valence-corrected chi connectivity index (χ1v) is 6.12. The topological polar surface area (TPSA) is 80.4 Å². The van der Waals surface area contributed by atoms with Crippen LogP contribution in [0.2, 0.25) is 0 Å². The van der Waals surface area contributed by atoms with Crippen LogP contribution in [-0.4, -0.2) is 26.4 Å². The monoisotopic (exact) mass is 233 g/mol. The van der Waals surface area contributed by atoms with E-state index in [0.717, 1.165) is 12.3 Å². The highest BCUT2D eigenvalue weighted by Crippen LogP contribution is 2.21. The Labute approximate surface area is 87.5 Å². The van der Waals surface area contributed by atoms with Crippen LogP contribution in [0.4, 0.5) is 4.39 Å². The Morgan fingerprint density at radius 1 is 1.53 bits per heavy atom. The van der Waals surface area contributed by atoms with Crippen molar-refractivity contribution >= 4 is 9.84 Å². The predicted molar refractivity (Wildman–Crippen MR) is 53.5 cm³/mol. The van der Waals surface area contributed by atoms with Gasteiger partial charge in [-0.05, 0) is 6.07 Å². The number of hydrogen-bond acceptors (Lipinski definition) is 4. The van der Waals surface area contributed by atoms with Crippen molar-refractivity contribution in [3.8, 4) is 0 Å². The van der Waals surface area contributed by atoms with Crippen LogP contribution in [0.25, 0.3) is 0 Å². The van der Waals surface area contributed by atoms with Crippen LogP contribution in [-0.2, 0) is 9.84 Å². The molecule has 0 spiro atoms. The minimum absolute atomic E-state index is 0.000394. The first-order valence-electron chi connectivity index (χ1n) is 4.23. The summed E-state index contributed by atoms with van der Waals surface area (Å²) in [7, 11) is -3.61. The number of benzene rings is 1. The summed E-state index contributed by atoms with van der Waals surface area (Å²) in [6, 6.07) is 3.00. The molecule has 4 nitrogen and oxygen atoms in total. The first kappa shape index (κ1) is 12.1. The molecule has 1 unspecified atom stereocenters. The maximum Gasteiger partial charge on any atom is 0.178 e. The summed E-state index contributed by atoms with van der Waals surface area (Å²) in [5, 5.41) is 8.77. The van der Waals surface area contributed by atoms with E-state index >= 15 is 0 Å². The Balaban J connectivity index is 3.36. The molecule has 84 valence electrons. The van der Waals surface area contributed by atoms with E-state index in [4.69, 9.17) is 10.8 Å². The molecule has 15 heavy (non-hydrogen) atoms. The van der Waals surface area contributed by atoms with Crippen LogP contribution >= 0.6 is 0 Å². The minimum atomic E-state index is -3.61. The molecule has 0 aliphatic heterocycles. The third-order valence-electron chi connectivity index (χ3n) is 1.99. The molecular formula is C9H12FNO3S. The molecule has 1 aromatic carbocycles. The lowest BCUT2D eigenvalue weighted by atomic mass is 10.1. The lowest BCUT2D eigenvalue weighted by Crippen LogP contribution is -2.17. The van der Waals surface area contributed by atoms with Gasteiger partial charge in [-0.15, -0.1) is 0 Å². The van der Waals surface area contributed by atoms with Crippen molar-refractivity contribution in [2.45, 2.75) is 10.9 Å². The van der Waals surface area contributed by atoms with Crippen molar-refractivity contribution in [2.24, 2.45) is 5.73 Å². The van der Waals surface area contributed by atoms with Gasteiger partial charge in [-0.3, -0.25) is 0 Å². The molecule has 0 saturated heterocycles. The molecule has 1 aromatic rings. The fraction of sp³-hybridized carbons (Fsp3) is 0.333. The molecule has 0 aliphatic rings. The molecule has 6 heteroatoms. The summed E-state index contributed by atoms with van der Waals surface area (Å²) in [6.07, 6.45) is 0.916. The van der Waals surface area contributed by atoms with Gasteiger partial charge in [0.05, 0.1) is 12.6 Å². The smallest absolute Gasteiger partial charge is 0.178 e. The Kier molecular flexibility index (Phi) is 3.43. The molecular weight excluding hydrogens is 221 g/mol. The number of rotatable bonds is 3. The Bertz CT molecular complexity index is 458. The number of hydrogen-bond donors (Lipinski definition) is 2. The third-order valence-corrected chi connectivity index (χ3v) is 3.10. The van der Waals surface area contributed by atoms with Gasteiger partial charge in [0.25, 0.3) is 0 Å². The number of halogens is 1. The lowest BCUT2D eigenvalue weighted by Gasteiger charge is -2.11. The van der Waals surface area contributed by atoms with Crippen molar-refractivity contribution < 1.29 is 17.9 Å². The zero-order valence-corrected chi connectivity index (χ0v) is 8.96. The van der Waals surface area contributed by atoms with Gasteiger partial charge in [-0.1, -0.05) is 12.1 Å². The number of nitrogens with two attached hydrogens (primary N) is 1. The summed E-state index contributed by atoms with van der Waals surface area (Å²) in [5.74, 6) is -0.887. The maximum absolute atomic E-state index is 13.6. The molecule has 0 fully saturated rings. The average Bonchev–Trinajstić information content (AvgIpc) is 2.15. The average molecular weight is 233 g/mol. The largest absolute Gasteiger partial charge is 0.394 e. The molecule has 0 aromatic heterocycles. The van der Waals surface area contributed by atoms with Gasteiger partial charge < -0.3 is 10.8 Å². The van der Waals surface area contributed by atoms with E-state index in [1.165, 1.54) is 12.1 Å². The summed E-state index contributed by atoms with van der Waals surface area (Å²) >= 11 is 0. The molecule has 0 heterocycles. The van der Waals surface area contributed by atoms with Crippen LogP contribution < -0.4 is 5.73 Å². The highest BCUT2D eigenvalue weighted by molar-refractivity contribution is 7.90. The second-order valence-corrected chi connectivity index (χ2v) is 5.20. The SMILES string of the molecule is CS(=O)(=O)c1cccc(C(N)CO)c1F. The Morgan fingerprint density at radius 3 is 2.60 bits per heavy atom. The van der Waals surface area contributed by atoms with Crippen LogP contribution in [0.5, 0.6) is 0 Å². The van der Waals surface area contributed by atoms with E-state index in [0.29, 0.717) is 0 Å². The van der Waals surface area contributed by atoms with Gasteiger partial charge in [0.1, 0.15) is 10.7 Å². The molecule has 0 radical (unpaired) electrons. The quantitative estimate of drug-likeness (QED) is 0.782. The summed E-state index contributed by atoms with van der Waals surface area (Å²) in [4.78, 5) is -0.399. The summed E-state index contributed by atoms with van der Waals surface area (Å²) < 4.78 is 36.0. The second-order valence-electron chi connectivity index (χ2n) is 3.22. The zero-order chi connectivity index (χ0) is 11.6. The van der Waals surface area contributed by atoms with Crippen LogP contribution in [0.15, 0.2) is 23.1 Å². The van der Waals surface area contributed by atoms with E-state index < -0.39 is 33.2 Å². The van der Waals surface area contributed by atoms with Crippen LogP contribution in [0.3, 0.4) is 0 Å². The predicted octanol–water partition coefficient (Wildman–Crippen LogP) is 0.221.